The van der Waals surface area contributed by atoms with Crippen LogP contribution in [0.2, 0.25) is 0 Å². The lowest BCUT2D eigenvalue weighted by Crippen LogP contribution is -2.06. The average molecular weight is 234 g/mol. The molecule has 17 heavy (non-hydrogen) atoms. The maximum absolute atomic E-state index is 10.8. The van der Waals surface area contributed by atoms with Crippen LogP contribution in [-0.2, 0) is 6.54 Å². The van der Waals surface area contributed by atoms with E-state index in [4.69, 9.17) is 11.2 Å². The predicted octanol–water partition coefficient (Wildman–Crippen LogP) is 1.72. The second kappa shape index (κ2) is 6.51. The molecule has 90 valence electrons. The zero-order valence-electron chi connectivity index (χ0n) is 9.60. The first-order valence-electron chi connectivity index (χ1n) is 5.17. The SMILES string of the molecule is C#CCCOc1cc(CNC)ccc1[N+](=O)[O-]. The summed E-state index contributed by atoms with van der Waals surface area (Å²) in [5.74, 6) is 2.68. The number of nitro groups is 1. The summed E-state index contributed by atoms with van der Waals surface area (Å²) in [7, 11) is 1.81. The lowest BCUT2D eigenvalue weighted by atomic mass is 10.2. The van der Waals surface area contributed by atoms with Gasteiger partial charge in [0.05, 0.1) is 11.5 Å². The highest BCUT2D eigenvalue weighted by atomic mass is 16.6. The molecule has 1 rings (SSSR count). The van der Waals surface area contributed by atoms with Crippen LogP contribution in [0, 0.1) is 22.5 Å². The summed E-state index contributed by atoms with van der Waals surface area (Å²) in [6, 6.07) is 4.80. The molecule has 5 nitrogen and oxygen atoms in total. The average Bonchev–Trinajstić information content (AvgIpc) is 2.30. The molecule has 0 aromatic heterocycles. The van der Waals surface area contributed by atoms with Gasteiger partial charge < -0.3 is 10.1 Å². The van der Waals surface area contributed by atoms with E-state index in [-0.39, 0.29) is 18.0 Å². The van der Waals surface area contributed by atoms with E-state index in [9.17, 15) is 10.1 Å². The number of rotatable bonds is 6. The summed E-state index contributed by atoms with van der Waals surface area (Å²) in [6.45, 7) is 0.907. The highest BCUT2D eigenvalue weighted by Gasteiger charge is 2.15. The summed E-state index contributed by atoms with van der Waals surface area (Å²) in [5.41, 5.74) is 0.885. The molecule has 0 saturated heterocycles. The number of hydrogen-bond acceptors (Lipinski definition) is 4. The molecular formula is C12H14N2O3. The van der Waals surface area contributed by atoms with E-state index in [1.54, 1.807) is 19.2 Å². The molecule has 0 fully saturated rings. The van der Waals surface area contributed by atoms with Gasteiger partial charge in [0, 0.05) is 19.0 Å². The van der Waals surface area contributed by atoms with Crippen molar-refractivity contribution in [2.24, 2.45) is 0 Å². The maximum atomic E-state index is 10.8. The van der Waals surface area contributed by atoms with Crippen LogP contribution in [0.25, 0.3) is 0 Å². The molecule has 0 radical (unpaired) electrons. The minimum Gasteiger partial charge on any atom is -0.486 e. The van der Waals surface area contributed by atoms with Gasteiger partial charge in [-0.25, -0.2) is 0 Å². The van der Waals surface area contributed by atoms with Crippen molar-refractivity contribution in [1.29, 1.82) is 0 Å². The van der Waals surface area contributed by atoms with Gasteiger partial charge in [-0.05, 0) is 18.7 Å². The standard InChI is InChI=1S/C12H14N2O3/c1-3-4-7-17-12-8-10(9-13-2)5-6-11(12)14(15)16/h1,5-6,8,13H,4,7,9H2,2H3. The Bertz CT molecular complexity index is 438. The van der Waals surface area contributed by atoms with Crippen LogP contribution in [0.15, 0.2) is 18.2 Å². The van der Waals surface area contributed by atoms with E-state index in [0.29, 0.717) is 13.0 Å². The topological polar surface area (TPSA) is 64.4 Å². The van der Waals surface area contributed by atoms with E-state index in [0.717, 1.165) is 5.56 Å². The zero-order valence-corrected chi connectivity index (χ0v) is 9.60. The maximum Gasteiger partial charge on any atom is 0.310 e. The normalized spacial score (nSPS) is 9.65. The van der Waals surface area contributed by atoms with Crippen molar-refractivity contribution in [2.45, 2.75) is 13.0 Å². The molecular weight excluding hydrogens is 220 g/mol. The summed E-state index contributed by atoms with van der Waals surface area (Å²) in [5, 5.41) is 13.8. The van der Waals surface area contributed by atoms with Crippen molar-refractivity contribution in [3.05, 3.63) is 33.9 Å². The van der Waals surface area contributed by atoms with Crippen molar-refractivity contribution in [1.82, 2.24) is 5.32 Å². The quantitative estimate of drug-likeness (QED) is 0.352. The summed E-state index contributed by atoms with van der Waals surface area (Å²) < 4.78 is 5.31. The van der Waals surface area contributed by atoms with Crippen molar-refractivity contribution in [2.75, 3.05) is 13.7 Å². The number of hydrogen-bond donors (Lipinski definition) is 1. The Morgan fingerprint density at radius 3 is 2.94 bits per heavy atom. The minimum atomic E-state index is -0.464. The fraction of sp³-hybridized carbons (Fsp3) is 0.333. The smallest absolute Gasteiger partial charge is 0.310 e. The molecule has 0 aliphatic carbocycles. The van der Waals surface area contributed by atoms with Crippen LogP contribution in [-0.4, -0.2) is 18.6 Å². The number of nitrogens with one attached hydrogen (secondary N) is 1. The summed E-state index contributed by atoms with van der Waals surface area (Å²) in [4.78, 5) is 10.3. The van der Waals surface area contributed by atoms with E-state index < -0.39 is 4.92 Å². The Kier molecular flexibility index (Phi) is 4.98. The fourth-order valence-electron chi connectivity index (χ4n) is 1.36. The van der Waals surface area contributed by atoms with Crippen LogP contribution < -0.4 is 10.1 Å². The van der Waals surface area contributed by atoms with Crippen molar-refractivity contribution >= 4 is 5.69 Å². The van der Waals surface area contributed by atoms with Crippen molar-refractivity contribution in [3.8, 4) is 18.1 Å². The third kappa shape index (κ3) is 3.78. The van der Waals surface area contributed by atoms with Gasteiger partial charge in [-0.1, -0.05) is 6.07 Å². The highest BCUT2D eigenvalue weighted by Crippen LogP contribution is 2.28. The largest absolute Gasteiger partial charge is 0.486 e. The summed E-state index contributed by atoms with van der Waals surface area (Å²) in [6.07, 6.45) is 5.52. The zero-order chi connectivity index (χ0) is 12.7. The predicted molar refractivity (Wildman–Crippen MR) is 64.8 cm³/mol. The van der Waals surface area contributed by atoms with Crippen molar-refractivity contribution in [3.63, 3.8) is 0 Å². The Labute approximate surface area is 99.9 Å². The molecule has 0 amide bonds. The third-order valence-corrected chi connectivity index (χ3v) is 2.11. The number of nitro benzene ring substituents is 1. The molecule has 0 bridgehead atoms. The van der Waals surface area contributed by atoms with Crippen LogP contribution in [0.4, 0.5) is 5.69 Å². The first-order valence-corrected chi connectivity index (χ1v) is 5.17. The van der Waals surface area contributed by atoms with Crippen molar-refractivity contribution < 1.29 is 9.66 Å². The van der Waals surface area contributed by atoms with Gasteiger partial charge in [-0.3, -0.25) is 10.1 Å². The van der Waals surface area contributed by atoms with Crippen LogP contribution in [0.1, 0.15) is 12.0 Å². The second-order valence-electron chi connectivity index (χ2n) is 3.39. The fourth-order valence-corrected chi connectivity index (χ4v) is 1.36. The van der Waals surface area contributed by atoms with Gasteiger partial charge in [0.15, 0.2) is 5.75 Å². The van der Waals surface area contributed by atoms with E-state index in [2.05, 4.69) is 11.2 Å². The third-order valence-electron chi connectivity index (χ3n) is 2.11. The van der Waals surface area contributed by atoms with Gasteiger partial charge in [0.1, 0.15) is 0 Å². The molecule has 1 aromatic rings. The molecule has 1 N–H and O–H groups in total. The lowest BCUT2D eigenvalue weighted by molar-refractivity contribution is -0.385. The number of terminal acetylenes is 1. The number of ether oxygens (including phenoxy) is 1. The van der Waals surface area contributed by atoms with Crippen LogP contribution in [0.3, 0.4) is 0 Å². The van der Waals surface area contributed by atoms with Gasteiger partial charge in [0.25, 0.3) is 0 Å². The molecule has 5 heteroatoms. The molecule has 0 aliphatic rings. The highest BCUT2D eigenvalue weighted by molar-refractivity contribution is 5.48. The molecule has 0 atom stereocenters. The Morgan fingerprint density at radius 1 is 1.59 bits per heavy atom. The number of nitrogens with zero attached hydrogens (tertiary/aromatic N) is 1. The Morgan fingerprint density at radius 2 is 2.35 bits per heavy atom. The Balaban J connectivity index is 2.91. The van der Waals surface area contributed by atoms with E-state index in [1.165, 1.54) is 6.07 Å². The first kappa shape index (κ1) is 13.0. The van der Waals surface area contributed by atoms with Gasteiger partial charge in [0.2, 0.25) is 0 Å². The first-order chi connectivity index (χ1) is 8.19. The van der Waals surface area contributed by atoms with Gasteiger partial charge in [-0.15, -0.1) is 12.3 Å². The molecule has 0 spiro atoms. The molecule has 0 heterocycles. The van der Waals surface area contributed by atoms with Crippen LogP contribution in [0.5, 0.6) is 5.75 Å². The molecule has 0 aliphatic heterocycles. The van der Waals surface area contributed by atoms with Gasteiger partial charge in [-0.2, -0.15) is 0 Å². The minimum absolute atomic E-state index is 0.0399. The lowest BCUT2D eigenvalue weighted by Gasteiger charge is -2.07. The number of benzene rings is 1. The Hall–Kier alpha value is -2.06. The van der Waals surface area contributed by atoms with E-state index in [1.807, 2.05) is 0 Å². The van der Waals surface area contributed by atoms with Gasteiger partial charge >= 0.3 is 5.69 Å². The molecule has 0 unspecified atom stereocenters. The summed E-state index contributed by atoms with van der Waals surface area (Å²) >= 11 is 0. The van der Waals surface area contributed by atoms with Crippen LogP contribution >= 0.6 is 0 Å². The molecule has 0 saturated carbocycles. The van der Waals surface area contributed by atoms with E-state index >= 15 is 0 Å². The monoisotopic (exact) mass is 234 g/mol. The molecule has 1 aromatic carbocycles. The second-order valence-corrected chi connectivity index (χ2v) is 3.39.